The van der Waals surface area contributed by atoms with E-state index in [0.29, 0.717) is 46.6 Å². The van der Waals surface area contributed by atoms with Crippen molar-refractivity contribution in [3.05, 3.63) is 45.1 Å². The molecule has 2 aliphatic rings. The topological polar surface area (TPSA) is 61.9 Å². The van der Waals surface area contributed by atoms with Crippen LogP contribution in [0, 0.1) is 0 Å². The summed E-state index contributed by atoms with van der Waals surface area (Å²) >= 11 is 12.4. The summed E-state index contributed by atoms with van der Waals surface area (Å²) in [7, 11) is 3.29. The monoisotopic (exact) mass is 383 g/mol. The number of urea groups is 1. The van der Waals surface area contributed by atoms with Crippen LogP contribution in [-0.4, -0.2) is 55.6 Å². The number of nitrogens with zero attached hydrogens (tertiary/aromatic N) is 2. The van der Waals surface area contributed by atoms with E-state index >= 15 is 0 Å². The van der Waals surface area contributed by atoms with Crippen molar-refractivity contribution < 1.29 is 14.3 Å². The van der Waals surface area contributed by atoms with Crippen molar-refractivity contribution in [3.8, 4) is 0 Å². The Hall–Kier alpha value is -1.76. The predicted octanol–water partition coefficient (Wildman–Crippen LogP) is 2.82. The number of likely N-dealkylation sites (N-methyl/N-ethyl adjacent to an activating group) is 1. The van der Waals surface area contributed by atoms with Crippen molar-refractivity contribution in [1.29, 1.82) is 0 Å². The first-order chi connectivity index (χ1) is 12.0. The molecule has 0 unspecified atom stereocenters. The summed E-state index contributed by atoms with van der Waals surface area (Å²) in [6, 6.07) is 4.32. The lowest BCUT2D eigenvalue weighted by Crippen LogP contribution is -2.45. The van der Waals surface area contributed by atoms with Crippen LogP contribution in [0.3, 0.4) is 0 Å². The van der Waals surface area contributed by atoms with Crippen molar-refractivity contribution in [2.75, 3.05) is 33.9 Å². The molecule has 0 aromatic heterocycles. The zero-order chi connectivity index (χ0) is 18.1. The predicted molar refractivity (Wildman–Crippen MR) is 95.6 cm³/mol. The molecule has 2 heterocycles. The molecule has 1 aromatic carbocycles. The van der Waals surface area contributed by atoms with Crippen molar-refractivity contribution in [2.45, 2.75) is 12.5 Å². The van der Waals surface area contributed by atoms with E-state index in [0.717, 1.165) is 6.42 Å². The number of amides is 3. The van der Waals surface area contributed by atoms with E-state index < -0.39 is 6.04 Å². The summed E-state index contributed by atoms with van der Waals surface area (Å²) in [6.07, 6.45) is 0.733. The fourth-order valence-electron chi connectivity index (χ4n) is 3.18. The minimum Gasteiger partial charge on any atom is -0.385 e. The van der Waals surface area contributed by atoms with Gasteiger partial charge in [-0.25, -0.2) is 4.79 Å². The van der Waals surface area contributed by atoms with Crippen LogP contribution in [0.25, 0.3) is 0 Å². The van der Waals surface area contributed by atoms with Crippen LogP contribution >= 0.6 is 23.2 Å². The van der Waals surface area contributed by atoms with E-state index in [1.807, 2.05) is 0 Å². The molecule has 2 aliphatic heterocycles. The van der Waals surface area contributed by atoms with Gasteiger partial charge in [-0.1, -0.05) is 35.3 Å². The van der Waals surface area contributed by atoms with Gasteiger partial charge in [-0.05, 0) is 18.1 Å². The smallest absolute Gasteiger partial charge is 0.322 e. The van der Waals surface area contributed by atoms with Crippen LogP contribution in [0.15, 0.2) is 29.5 Å². The minimum absolute atomic E-state index is 0.0982. The number of halogens is 2. The summed E-state index contributed by atoms with van der Waals surface area (Å²) in [6.45, 7) is 1.54. The third-order valence-corrected chi connectivity index (χ3v) is 5.34. The Kier molecular flexibility index (Phi) is 5.22. The molecule has 6 nitrogen and oxygen atoms in total. The van der Waals surface area contributed by atoms with E-state index in [9.17, 15) is 9.59 Å². The average molecular weight is 384 g/mol. The Morgan fingerprint density at radius 1 is 1.32 bits per heavy atom. The molecular formula is C17H19Cl2N3O3. The van der Waals surface area contributed by atoms with Crippen molar-refractivity contribution >= 4 is 35.1 Å². The van der Waals surface area contributed by atoms with Gasteiger partial charge in [0, 0.05) is 27.3 Å². The molecule has 1 N–H and O–H groups in total. The fraction of sp³-hybridized carbons (Fsp3) is 0.412. The van der Waals surface area contributed by atoms with Gasteiger partial charge in [-0.2, -0.15) is 0 Å². The number of hydrogen-bond donors (Lipinski definition) is 1. The maximum atomic E-state index is 12.9. The molecule has 1 aromatic rings. The highest BCUT2D eigenvalue weighted by molar-refractivity contribution is 6.42. The highest BCUT2D eigenvalue weighted by Crippen LogP contribution is 2.39. The van der Waals surface area contributed by atoms with Crippen molar-refractivity contribution in [3.63, 3.8) is 0 Å². The van der Waals surface area contributed by atoms with Gasteiger partial charge in [0.1, 0.15) is 0 Å². The Morgan fingerprint density at radius 3 is 2.80 bits per heavy atom. The highest BCUT2D eigenvalue weighted by atomic mass is 35.5. The standard InChI is InChI=1S/C17H19Cl2N3O3/c1-21-12-9-22(7-4-8-25-2)16(23)13(12)15(20-17(21)24)10-5-3-6-11(18)14(10)19/h3,5-6,15H,4,7-9H2,1-2H3,(H,20,24)/t15-/m0/s1. The number of rotatable bonds is 5. The molecule has 0 saturated heterocycles. The molecule has 8 heteroatoms. The lowest BCUT2D eigenvalue weighted by atomic mass is 9.95. The van der Waals surface area contributed by atoms with Gasteiger partial charge in [0.15, 0.2) is 0 Å². The van der Waals surface area contributed by atoms with Crippen LogP contribution < -0.4 is 5.32 Å². The van der Waals surface area contributed by atoms with Crippen LogP contribution in [0.4, 0.5) is 4.79 Å². The first kappa shape index (κ1) is 18.0. The van der Waals surface area contributed by atoms with Gasteiger partial charge < -0.3 is 15.0 Å². The first-order valence-electron chi connectivity index (χ1n) is 7.95. The summed E-state index contributed by atoms with van der Waals surface area (Å²) in [4.78, 5) is 28.5. The Morgan fingerprint density at radius 2 is 2.08 bits per heavy atom. The molecule has 134 valence electrons. The maximum absolute atomic E-state index is 12.9. The number of nitrogens with one attached hydrogen (secondary N) is 1. The Bertz CT molecular complexity index is 751. The van der Waals surface area contributed by atoms with E-state index in [4.69, 9.17) is 27.9 Å². The third-order valence-electron chi connectivity index (χ3n) is 4.50. The second-order valence-corrected chi connectivity index (χ2v) is 6.80. The number of methoxy groups -OCH3 is 1. The zero-order valence-electron chi connectivity index (χ0n) is 14.0. The molecule has 0 spiro atoms. The van der Waals surface area contributed by atoms with E-state index in [1.165, 1.54) is 4.90 Å². The minimum atomic E-state index is -0.607. The molecule has 25 heavy (non-hydrogen) atoms. The maximum Gasteiger partial charge on any atom is 0.322 e. The van der Waals surface area contributed by atoms with E-state index in [1.54, 1.807) is 37.3 Å². The average Bonchev–Trinajstić information content (AvgIpc) is 2.91. The summed E-state index contributed by atoms with van der Waals surface area (Å²) in [5.41, 5.74) is 1.87. The lowest BCUT2D eigenvalue weighted by Gasteiger charge is -2.31. The number of benzene rings is 1. The molecule has 3 rings (SSSR count). The van der Waals surface area contributed by atoms with Gasteiger partial charge in [0.25, 0.3) is 5.91 Å². The second-order valence-electron chi connectivity index (χ2n) is 6.02. The first-order valence-corrected chi connectivity index (χ1v) is 8.70. The van der Waals surface area contributed by atoms with Gasteiger partial charge in [0.2, 0.25) is 0 Å². The zero-order valence-corrected chi connectivity index (χ0v) is 15.5. The highest BCUT2D eigenvalue weighted by Gasteiger charge is 2.43. The molecule has 3 amide bonds. The van der Waals surface area contributed by atoms with Crippen molar-refractivity contribution in [1.82, 2.24) is 15.1 Å². The molecule has 0 bridgehead atoms. The fourth-order valence-corrected chi connectivity index (χ4v) is 3.60. The SMILES string of the molecule is COCCCN1CC2=C(C1=O)[C@H](c1cccc(Cl)c1Cl)NC(=O)N2C. The summed E-state index contributed by atoms with van der Waals surface area (Å²) in [5.74, 6) is -0.0982. The van der Waals surface area contributed by atoms with E-state index in [2.05, 4.69) is 5.32 Å². The largest absolute Gasteiger partial charge is 0.385 e. The van der Waals surface area contributed by atoms with Gasteiger partial charge >= 0.3 is 6.03 Å². The van der Waals surface area contributed by atoms with Crippen molar-refractivity contribution in [2.24, 2.45) is 0 Å². The summed E-state index contributed by atoms with van der Waals surface area (Å²) < 4.78 is 5.05. The van der Waals surface area contributed by atoms with E-state index in [-0.39, 0.29) is 11.9 Å². The Balaban J connectivity index is 1.96. The van der Waals surface area contributed by atoms with Crippen LogP contribution in [0.2, 0.25) is 10.0 Å². The Labute approximate surface area is 156 Å². The van der Waals surface area contributed by atoms with Gasteiger partial charge in [-0.15, -0.1) is 0 Å². The molecular weight excluding hydrogens is 365 g/mol. The summed E-state index contributed by atoms with van der Waals surface area (Å²) in [5, 5.41) is 3.58. The van der Waals surface area contributed by atoms with Gasteiger partial charge in [0.05, 0.1) is 33.9 Å². The second kappa shape index (κ2) is 7.23. The van der Waals surface area contributed by atoms with Gasteiger partial charge in [-0.3, -0.25) is 9.69 Å². The molecule has 0 radical (unpaired) electrons. The molecule has 1 atom stereocenters. The number of carbonyl (C=O) groups is 2. The number of carbonyl (C=O) groups excluding carboxylic acids is 2. The third kappa shape index (κ3) is 3.21. The normalized spacial score (nSPS) is 20.2. The number of ether oxygens (including phenoxy) is 1. The number of hydrogen-bond acceptors (Lipinski definition) is 3. The van der Waals surface area contributed by atoms with Crippen LogP contribution in [-0.2, 0) is 9.53 Å². The molecule has 0 saturated carbocycles. The molecule has 0 fully saturated rings. The van der Waals surface area contributed by atoms with Crippen LogP contribution in [0.1, 0.15) is 18.0 Å². The molecule has 0 aliphatic carbocycles. The quantitative estimate of drug-likeness (QED) is 0.795. The van der Waals surface area contributed by atoms with Crippen LogP contribution in [0.5, 0.6) is 0 Å². The lowest BCUT2D eigenvalue weighted by molar-refractivity contribution is -0.125.